The highest BCUT2D eigenvalue weighted by Gasteiger charge is 2.66. The molecule has 0 spiro atoms. The normalized spacial score (nSPS) is 30.6. The first-order valence-electron chi connectivity index (χ1n) is 10.3. The summed E-state index contributed by atoms with van der Waals surface area (Å²) in [6, 6.07) is 10.4. The van der Waals surface area contributed by atoms with E-state index in [-0.39, 0.29) is 56.4 Å². The molecule has 2 aromatic carbocycles. The summed E-state index contributed by atoms with van der Waals surface area (Å²) in [5, 5.41) is 2.29. The average molecular weight is 586 g/mol. The fourth-order valence-corrected chi connectivity index (χ4v) is 7.27. The number of para-hydroxylation sites is 1. The number of anilines is 2. The van der Waals surface area contributed by atoms with Crippen LogP contribution in [-0.4, -0.2) is 27.4 Å². The highest BCUT2D eigenvalue weighted by Crippen LogP contribution is 2.60. The Bertz CT molecular complexity index is 1120. The van der Waals surface area contributed by atoms with Gasteiger partial charge in [-0.25, -0.2) is 0 Å². The van der Waals surface area contributed by atoms with Crippen molar-refractivity contribution in [1.29, 1.82) is 0 Å². The number of hydrogen-bond donors (Lipinski definition) is 1. The van der Waals surface area contributed by atoms with Crippen molar-refractivity contribution in [3.8, 4) is 0 Å². The summed E-state index contributed by atoms with van der Waals surface area (Å²) >= 11 is 7.29. The predicted molar refractivity (Wildman–Crippen MR) is 122 cm³/mol. The Balaban J connectivity index is 1.35. The van der Waals surface area contributed by atoms with Crippen LogP contribution >= 0.6 is 31.9 Å². The predicted octanol–water partition coefficient (Wildman–Crippen LogP) is 5.24. The molecular formula is C23H17Br2F3N2O3. The van der Waals surface area contributed by atoms with E-state index < -0.39 is 17.6 Å². The summed E-state index contributed by atoms with van der Waals surface area (Å²) < 4.78 is 39.5. The monoisotopic (exact) mass is 584 g/mol. The molecule has 2 bridgehead atoms. The van der Waals surface area contributed by atoms with Gasteiger partial charge in [0.1, 0.15) is 0 Å². The van der Waals surface area contributed by atoms with Gasteiger partial charge < -0.3 is 5.32 Å². The quantitative estimate of drug-likeness (QED) is 0.396. The van der Waals surface area contributed by atoms with E-state index in [4.69, 9.17) is 0 Å². The Hall–Kier alpha value is -2.20. The lowest BCUT2D eigenvalue weighted by Gasteiger charge is -2.28. The number of amides is 3. The van der Waals surface area contributed by atoms with Crippen LogP contribution in [0.2, 0.25) is 0 Å². The maximum atomic E-state index is 13.2. The minimum atomic E-state index is -4.61. The van der Waals surface area contributed by atoms with Gasteiger partial charge in [-0.15, -0.1) is 0 Å². The zero-order chi connectivity index (χ0) is 23.7. The molecule has 3 fully saturated rings. The van der Waals surface area contributed by atoms with Crippen LogP contribution in [-0.2, 0) is 15.8 Å². The molecule has 1 N–H and O–H groups in total. The molecule has 3 amide bonds. The van der Waals surface area contributed by atoms with Gasteiger partial charge in [-0.05, 0) is 54.7 Å². The zero-order valence-electron chi connectivity index (χ0n) is 16.9. The van der Waals surface area contributed by atoms with Crippen molar-refractivity contribution in [3.63, 3.8) is 0 Å². The highest BCUT2D eigenvalue weighted by molar-refractivity contribution is 9.12. The summed E-state index contributed by atoms with van der Waals surface area (Å²) in [7, 11) is 0. The average Bonchev–Trinajstić information content (AvgIpc) is 3.38. The molecule has 0 unspecified atom stereocenters. The number of hydrogen-bond acceptors (Lipinski definition) is 3. The van der Waals surface area contributed by atoms with Gasteiger partial charge in [0.05, 0.1) is 28.8 Å². The van der Waals surface area contributed by atoms with E-state index in [1.807, 2.05) is 0 Å². The molecule has 3 aliphatic rings. The number of carbonyl (C=O) groups excluding carboxylic acids is 3. The molecule has 0 aromatic heterocycles. The highest BCUT2D eigenvalue weighted by atomic mass is 79.9. The van der Waals surface area contributed by atoms with E-state index in [0.717, 1.165) is 12.5 Å². The second-order valence-electron chi connectivity index (χ2n) is 8.56. The number of imide groups is 1. The van der Waals surface area contributed by atoms with Gasteiger partial charge in [0.15, 0.2) is 0 Å². The Morgan fingerprint density at radius 3 is 2.00 bits per heavy atom. The van der Waals surface area contributed by atoms with Gasteiger partial charge in [0.25, 0.3) is 5.91 Å². The largest absolute Gasteiger partial charge is 0.418 e. The third kappa shape index (κ3) is 3.53. The Morgan fingerprint density at radius 2 is 1.45 bits per heavy atom. The molecule has 2 aromatic rings. The van der Waals surface area contributed by atoms with Crippen LogP contribution in [0.5, 0.6) is 0 Å². The van der Waals surface area contributed by atoms with Crippen molar-refractivity contribution in [2.75, 3.05) is 10.2 Å². The fourth-order valence-electron chi connectivity index (χ4n) is 5.40. The Kier molecular flexibility index (Phi) is 5.43. The smallest absolute Gasteiger partial charge is 0.321 e. The van der Waals surface area contributed by atoms with Crippen LogP contribution in [0, 0.1) is 23.7 Å². The second kappa shape index (κ2) is 7.94. The van der Waals surface area contributed by atoms with Crippen molar-refractivity contribution in [1.82, 2.24) is 0 Å². The second-order valence-corrected chi connectivity index (χ2v) is 10.7. The Morgan fingerprint density at radius 1 is 0.909 bits per heavy atom. The van der Waals surface area contributed by atoms with Crippen molar-refractivity contribution in [2.24, 2.45) is 23.7 Å². The minimum absolute atomic E-state index is 0.0876. The van der Waals surface area contributed by atoms with E-state index >= 15 is 0 Å². The summed E-state index contributed by atoms with van der Waals surface area (Å²) in [6.45, 7) is 0. The van der Waals surface area contributed by atoms with E-state index in [0.29, 0.717) is 5.69 Å². The third-order valence-electron chi connectivity index (χ3n) is 6.86. The molecule has 1 aliphatic heterocycles. The van der Waals surface area contributed by atoms with Gasteiger partial charge in [-0.2, -0.15) is 13.2 Å². The lowest BCUT2D eigenvalue weighted by atomic mass is 9.81. The minimum Gasteiger partial charge on any atom is -0.321 e. The van der Waals surface area contributed by atoms with Crippen LogP contribution in [0.15, 0.2) is 48.5 Å². The van der Waals surface area contributed by atoms with Gasteiger partial charge in [-0.3, -0.25) is 19.3 Å². The summed E-state index contributed by atoms with van der Waals surface area (Å²) in [5.41, 5.74) is -0.833. The molecule has 2 saturated carbocycles. The number of benzene rings is 2. The number of carbonyl (C=O) groups is 3. The van der Waals surface area contributed by atoms with Crippen LogP contribution in [0.25, 0.3) is 0 Å². The summed E-state index contributed by atoms with van der Waals surface area (Å²) in [6.07, 6.45) is -3.78. The van der Waals surface area contributed by atoms with E-state index in [9.17, 15) is 27.6 Å². The molecule has 1 heterocycles. The Labute approximate surface area is 204 Å². The molecular weight excluding hydrogens is 569 g/mol. The van der Waals surface area contributed by atoms with Crippen LogP contribution < -0.4 is 10.2 Å². The molecule has 6 atom stereocenters. The van der Waals surface area contributed by atoms with Crippen LogP contribution in [0.4, 0.5) is 24.5 Å². The van der Waals surface area contributed by atoms with Gasteiger partial charge in [0, 0.05) is 15.2 Å². The van der Waals surface area contributed by atoms with Gasteiger partial charge in [-0.1, -0.05) is 44.0 Å². The fraction of sp³-hybridized carbons (Fsp3) is 0.348. The molecule has 5 rings (SSSR count). The van der Waals surface area contributed by atoms with Crippen LogP contribution in [0.1, 0.15) is 22.3 Å². The molecule has 172 valence electrons. The number of nitrogens with one attached hydrogen (secondary N) is 1. The van der Waals surface area contributed by atoms with Crippen molar-refractivity contribution < 1.29 is 27.6 Å². The third-order valence-corrected chi connectivity index (χ3v) is 10.1. The van der Waals surface area contributed by atoms with E-state index in [1.165, 1.54) is 47.4 Å². The molecule has 1 saturated heterocycles. The zero-order valence-corrected chi connectivity index (χ0v) is 20.0. The number of alkyl halides is 5. The molecule has 2 aliphatic carbocycles. The van der Waals surface area contributed by atoms with Crippen molar-refractivity contribution in [3.05, 3.63) is 59.7 Å². The number of fused-ring (bicyclic) bond motifs is 5. The van der Waals surface area contributed by atoms with Crippen molar-refractivity contribution >= 4 is 61.0 Å². The first kappa shape index (κ1) is 22.6. The molecule has 10 heteroatoms. The number of rotatable bonds is 3. The first-order chi connectivity index (χ1) is 15.6. The van der Waals surface area contributed by atoms with Gasteiger partial charge in [0.2, 0.25) is 11.8 Å². The summed E-state index contributed by atoms with van der Waals surface area (Å²) in [5.74, 6) is -1.74. The maximum absolute atomic E-state index is 13.2. The van der Waals surface area contributed by atoms with Crippen molar-refractivity contribution in [2.45, 2.75) is 22.3 Å². The molecule has 5 nitrogen and oxygen atoms in total. The van der Waals surface area contributed by atoms with Gasteiger partial charge >= 0.3 is 6.18 Å². The lowest BCUT2D eigenvalue weighted by Crippen LogP contribution is -2.37. The maximum Gasteiger partial charge on any atom is 0.418 e. The topological polar surface area (TPSA) is 66.5 Å². The lowest BCUT2D eigenvalue weighted by molar-refractivity contribution is -0.137. The number of halogens is 5. The molecule has 0 radical (unpaired) electrons. The standard InChI is InChI=1S/C23H17Br2F3N2O3/c24-18-12-9-13(19(18)25)17-16(12)21(32)30(22(17)33)11-7-5-10(6-8-11)20(31)29-15-4-2-1-3-14(15)23(26,27)28/h1-8,12-13,16-19H,9H2,(H,29,31)/t12-,13-,16-,17+,18-,19+/m1/s1. The molecule has 33 heavy (non-hydrogen) atoms. The first-order valence-corrected chi connectivity index (χ1v) is 12.2. The SMILES string of the molecule is O=C(Nc1ccccc1C(F)(F)F)c1ccc(N2C(=O)[C@@H]3[C@H]4C[C@@H]([C@H](Br)[C@@H]4Br)[C@@H]3C2=O)cc1. The van der Waals surface area contributed by atoms with Crippen LogP contribution in [0.3, 0.4) is 0 Å². The van der Waals surface area contributed by atoms with E-state index in [1.54, 1.807) is 0 Å². The number of nitrogens with zero attached hydrogens (tertiary/aromatic N) is 1. The summed E-state index contributed by atoms with van der Waals surface area (Å²) in [4.78, 5) is 40.2. The van der Waals surface area contributed by atoms with E-state index in [2.05, 4.69) is 37.2 Å².